The molecule has 0 bridgehead atoms. The summed E-state index contributed by atoms with van der Waals surface area (Å²) in [6, 6.07) is 6.04. The molecule has 0 spiro atoms. The zero-order valence-electron chi connectivity index (χ0n) is 13.7. The van der Waals surface area contributed by atoms with Crippen LogP contribution >= 0.6 is 0 Å². The summed E-state index contributed by atoms with van der Waals surface area (Å²) in [5.41, 5.74) is 1.04. The van der Waals surface area contributed by atoms with E-state index in [0.717, 1.165) is 13.1 Å². The number of H-pyrrole nitrogens is 1. The predicted octanol–water partition coefficient (Wildman–Crippen LogP) is 1.27. The fraction of sp³-hybridized carbons (Fsp3) is 0.353. The van der Waals surface area contributed by atoms with E-state index in [2.05, 4.69) is 14.9 Å². The Bertz CT molecular complexity index is 826. The van der Waals surface area contributed by atoms with Gasteiger partial charge >= 0.3 is 5.69 Å². The second-order valence-electron chi connectivity index (χ2n) is 6.04. The number of hydrogen-bond donors (Lipinski definition) is 1. The van der Waals surface area contributed by atoms with E-state index in [9.17, 15) is 14.0 Å². The van der Waals surface area contributed by atoms with Gasteiger partial charge in [-0.25, -0.2) is 9.18 Å². The van der Waals surface area contributed by atoms with Crippen molar-refractivity contribution in [2.24, 2.45) is 0 Å². The number of piperazine rings is 1. The number of aromatic amines is 1. The maximum absolute atomic E-state index is 13.4. The summed E-state index contributed by atoms with van der Waals surface area (Å²) in [6.07, 6.45) is 0. The smallest absolute Gasteiger partial charge is 0.335 e. The number of amides is 1. The summed E-state index contributed by atoms with van der Waals surface area (Å²) in [5, 5.41) is 0. The van der Waals surface area contributed by atoms with Gasteiger partial charge in [0.2, 0.25) is 0 Å². The van der Waals surface area contributed by atoms with Gasteiger partial charge in [-0.2, -0.15) is 4.98 Å². The Hall–Kier alpha value is -2.54. The number of aryl methyl sites for hydroxylation is 1. The normalized spacial score (nSPS) is 15.5. The van der Waals surface area contributed by atoms with Crippen LogP contribution in [0.2, 0.25) is 0 Å². The highest BCUT2D eigenvalue weighted by Gasteiger charge is 2.22. The molecule has 3 rings (SSSR count). The highest BCUT2D eigenvalue weighted by atomic mass is 19.1. The number of hydrogen-bond acceptors (Lipinski definition) is 4. The Morgan fingerprint density at radius 3 is 2.58 bits per heavy atom. The van der Waals surface area contributed by atoms with E-state index in [1.807, 2.05) is 7.05 Å². The Kier molecular flexibility index (Phi) is 4.44. The third-order valence-electron chi connectivity index (χ3n) is 4.22. The molecule has 1 aromatic heterocycles. The summed E-state index contributed by atoms with van der Waals surface area (Å²) >= 11 is 0. The van der Waals surface area contributed by atoms with E-state index in [-0.39, 0.29) is 17.4 Å². The van der Waals surface area contributed by atoms with Crippen LogP contribution in [0, 0.1) is 12.7 Å². The Morgan fingerprint density at radius 1 is 1.21 bits per heavy atom. The van der Waals surface area contributed by atoms with Gasteiger partial charge in [0.1, 0.15) is 11.5 Å². The highest BCUT2D eigenvalue weighted by Crippen LogP contribution is 2.20. The van der Waals surface area contributed by atoms with E-state index in [1.165, 1.54) is 6.07 Å². The molecule has 0 aliphatic carbocycles. The number of likely N-dealkylation sites (N-methyl/N-ethyl adjacent to an activating group) is 1. The van der Waals surface area contributed by atoms with Gasteiger partial charge in [-0.1, -0.05) is 0 Å². The predicted molar refractivity (Wildman–Crippen MR) is 88.4 cm³/mol. The van der Waals surface area contributed by atoms with Crippen LogP contribution in [-0.2, 0) is 0 Å². The van der Waals surface area contributed by atoms with E-state index >= 15 is 0 Å². The number of benzene rings is 1. The number of nitrogens with one attached hydrogen (secondary N) is 1. The second kappa shape index (κ2) is 6.52. The van der Waals surface area contributed by atoms with Gasteiger partial charge in [0.25, 0.3) is 5.91 Å². The molecule has 1 N–H and O–H groups in total. The molecule has 7 heteroatoms. The Morgan fingerprint density at radius 2 is 1.92 bits per heavy atom. The van der Waals surface area contributed by atoms with Crippen molar-refractivity contribution in [3.8, 4) is 11.3 Å². The minimum atomic E-state index is -0.591. The summed E-state index contributed by atoms with van der Waals surface area (Å²) in [4.78, 5) is 34.7. The first kappa shape index (κ1) is 16.3. The Labute approximate surface area is 138 Å². The van der Waals surface area contributed by atoms with Gasteiger partial charge in [-0.15, -0.1) is 0 Å². The fourth-order valence-corrected chi connectivity index (χ4v) is 2.70. The monoisotopic (exact) mass is 330 g/mol. The number of nitrogens with zero attached hydrogens (tertiary/aromatic N) is 3. The van der Waals surface area contributed by atoms with Crippen LogP contribution in [0.15, 0.2) is 29.1 Å². The van der Waals surface area contributed by atoms with Crippen molar-refractivity contribution < 1.29 is 9.18 Å². The van der Waals surface area contributed by atoms with Crippen LogP contribution in [0.4, 0.5) is 4.39 Å². The second-order valence-corrected chi connectivity index (χ2v) is 6.04. The van der Waals surface area contributed by atoms with Crippen LogP contribution in [-0.4, -0.2) is 58.9 Å². The third kappa shape index (κ3) is 3.35. The topological polar surface area (TPSA) is 69.3 Å². The first-order chi connectivity index (χ1) is 11.4. The minimum absolute atomic E-state index is 0.205. The number of carbonyl (C=O) groups excluding carboxylic acids is 1. The zero-order chi connectivity index (χ0) is 17.3. The summed E-state index contributed by atoms with van der Waals surface area (Å²) < 4.78 is 13.4. The van der Waals surface area contributed by atoms with E-state index in [0.29, 0.717) is 29.9 Å². The maximum atomic E-state index is 13.4. The molecule has 1 aliphatic rings. The first-order valence-corrected chi connectivity index (χ1v) is 7.80. The molecule has 2 aromatic rings. The average Bonchev–Trinajstić information content (AvgIpc) is 2.57. The van der Waals surface area contributed by atoms with Crippen molar-refractivity contribution in [2.75, 3.05) is 33.2 Å². The van der Waals surface area contributed by atoms with Crippen LogP contribution in [0.1, 0.15) is 16.1 Å². The lowest BCUT2D eigenvalue weighted by atomic mass is 10.1. The molecule has 24 heavy (non-hydrogen) atoms. The van der Waals surface area contributed by atoms with Crippen LogP contribution < -0.4 is 5.69 Å². The maximum Gasteiger partial charge on any atom is 0.346 e. The van der Waals surface area contributed by atoms with Crippen molar-refractivity contribution in [1.29, 1.82) is 0 Å². The SMILES string of the molecule is Cc1cc(-c2cc(C(=O)N3CCN(C)CC3)[nH]c(=O)n2)ccc1F. The van der Waals surface area contributed by atoms with Crippen LogP contribution in [0.3, 0.4) is 0 Å². The molecule has 0 unspecified atom stereocenters. The van der Waals surface area contributed by atoms with Crippen molar-refractivity contribution in [2.45, 2.75) is 6.92 Å². The molecule has 0 radical (unpaired) electrons. The van der Waals surface area contributed by atoms with Gasteiger partial charge in [-0.05, 0) is 43.8 Å². The molecule has 2 heterocycles. The van der Waals surface area contributed by atoms with Crippen molar-refractivity contribution in [1.82, 2.24) is 19.8 Å². The number of aromatic nitrogens is 2. The highest BCUT2D eigenvalue weighted by molar-refractivity contribution is 5.93. The van der Waals surface area contributed by atoms with E-state index < -0.39 is 5.69 Å². The Balaban J connectivity index is 1.92. The van der Waals surface area contributed by atoms with Crippen LogP contribution in [0.25, 0.3) is 11.3 Å². The fourth-order valence-electron chi connectivity index (χ4n) is 2.70. The standard InChI is InChI=1S/C17H19FN4O2/c1-11-9-12(3-4-13(11)18)14-10-15(20-17(24)19-14)16(23)22-7-5-21(2)6-8-22/h3-4,9-10H,5-8H2,1-2H3,(H,19,20,24). The van der Waals surface area contributed by atoms with Crippen molar-refractivity contribution in [3.05, 3.63) is 51.8 Å². The largest absolute Gasteiger partial charge is 0.346 e. The lowest BCUT2D eigenvalue weighted by molar-refractivity contribution is 0.0657. The van der Waals surface area contributed by atoms with E-state index in [4.69, 9.17) is 0 Å². The van der Waals surface area contributed by atoms with Crippen molar-refractivity contribution in [3.63, 3.8) is 0 Å². The van der Waals surface area contributed by atoms with Gasteiger partial charge in [0.15, 0.2) is 0 Å². The molecule has 0 saturated carbocycles. The average molecular weight is 330 g/mol. The lowest BCUT2D eigenvalue weighted by Gasteiger charge is -2.32. The van der Waals surface area contributed by atoms with Gasteiger partial charge in [-0.3, -0.25) is 4.79 Å². The molecule has 1 fully saturated rings. The molecule has 126 valence electrons. The lowest BCUT2D eigenvalue weighted by Crippen LogP contribution is -2.47. The van der Waals surface area contributed by atoms with E-state index in [1.54, 1.807) is 30.0 Å². The van der Waals surface area contributed by atoms with Crippen LogP contribution in [0.5, 0.6) is 0 Å². The third-order valence-corrected chi connectivity index (χ3v) is 4.22. The van der Waals surface area contributed by atoms with Gasteiger partial charge < -0.3 is 14.8 Å². The molecule has 0 atom stereocenters. The molecular weight excluding hydrogens is 311 g/mol. The van der Waals surface area contributed by atoms with Gasteiger partial charge in [0, 0.05) is 31.7 Å². The number of halogens is 1. The summed E-state index contributed by atoms with van der Waals surface area (Å²) in [6.45, 7) is 4.47. The molecule has 1 aliphatic heterocycles. The quantitative estimate of drug-likeness (QED) is 0.900. The molecule has 1 amide bonds. The minimum Gasteiger partial charge on any atom is -0.335 e. The molecule has 1 aromatic carbocycles. The molecule has 1 saturated heterocycles. The zero-order valence-corrected chi connectivity index (χ0v) is 13.7. The molecule has 6 nitrogen and oxygen atoms in total. The summed E-state index contributed by atoms with van der Waals surface area (Å²) in [7, 11) is 2.01. The first-order valence-electron chi connectivity index (χ1n) is 7.80. The van der Waals surface area contributed by atoms with Crippen molar-refractivity contribution >= 4 is 5.91 Å². The summed E-state index contributed by atoms with van der Waals surface area (Å²) in [5.74, 6) is -0.542. The number of rotatable bonds is 2. The van der Waals surface area contributed by atoms with Gasteiger partial charge in [0.05, 0.1) is 5.69 Å². The molecular formula is C17H19FN4O2. The number of carbonyl (C=O) groups is 1.